The lowest BCUT2D eigenvalue weighted by Gasteiger charge is -2.31. The van der Waals surface area contributed by atoms with E-state index in [1.165, 1.54) is 25.3 Å². The summed E-state index contributed by atoms with van der Waals surface area (Å²) in [5, 5.41) is 25.9. The molecule has 0 spiro atoms. The highest BCUT2D eigenvalue weighted by Crippen LogP contribution is 2.49. The van der Waals surface area contributed by atoms with Crippen LogP contribution in [0, 0.1) is 0 Å². The molecular formula is C29H37N4O9P. The fraction of sp³-hybridized carbons (Fsp3) is 0.414. The van der Waals surface area contributed by atoms with Crippen LogP contribution < -0.4 is 21.0 Å². The predicted molar refractivity (Wildman–Crippen MR) is 159 cm³/mol. The zero-order valence-electron chi connectivity index (χ0n) is 24.0. The number of nitrogens with one attached hydrogen (secondary N) is 1. The van der Waals surface area contributed by atoms with Gasteiger partial charge in [-0.15, -0.1) is 6.58 Å². The molecule has 3 aromatic rings. The zero-order chi connectivity index (χ0) is 31.2. The molecule has 43 heavy (non-hydrogen) atoms. The molecule has 0 saturated carbocycles. The quantitative estimate of drug-likeness (QED) is 0.0900. The third-order valence-corrected chi connectivity index (χ3v) is 8.66. The number of aliphatic hydroxyl groups excluding tert-OH is 2. The molecular weight excluding hydrogens is 579 g/mol. The maximum atomic E-state index is 14.3. The molecule has 1 aliphatic heterocycles. The first-order valence-electron chi connectivity index (χ1n) is 13.9. The third kappa shape index (κ3) is 7.32. The van der Waals surface area contributed by atoms with Crippen LogP contribution in [0.4, 0.5) is 5.82 Å². The first kappa shape index (κ1) is 32.3. The van der Waals surface area contributed by atoms with Gasteiger partial charge in [-0.05, 0) is 30.9 Å². The van der Waals surface area contributed by atoms with Crippen LogP contribution in [0.5, 0.6) is 5.75 Å². The molecule has 232 valence electrons. The summed E-state index contributed by atoms with van der Waals surface area (Å²) in [5.74, 6) is -0.499. The van der Waals surface area contributed by atoms with Gasteiger partial charge in [0.25, 0.3) is 0 Å². The van der Waals surface area contributed by atoms with Gasteiger partial charge in [-0.3, -0.25) is 13.9 Å². The number of unbranched alkanes of at least 4 members (excludes halogenated alkanes) is 2. The molecule has 1 saturated heterocycles. The van der Waals surface area contributed by atoms with Gasteiger partial charge in [0.05, 0.1) is 13.2 Å². The minimum absolute atomic E-state index is 0.0387. The molecule has 0 amide bonds. The number of esters is 1. The Hall–Kier alpha value is -3.58. The Balaban J connectivity index is 1.60. The molecule has 0 bridgehead atoms. The minimum atomic E-state index is -4.43. The lowest BCUT2D eigenvalue weighted by atomic mass is 9.96. The van der Waals surface area contributed by atoms with Crippen molar-refractivity contribution in [2.24, 2.45) is 0 Å². The number of nitrogen functional groups attached to an aromatic ring is 1. The maximum Gasteiger partial charge on any atom is 0.459 e. The van der Waals surface area contributed by atoms with Crippen molar-refractivity contribution in [2.45, 2.75) is 63.2 Å². The molecule has 1 aromatic heterocycles. The largest absolute Gasteiger partial charge is 0.465 e. The number of fused-ring (bicyclic) bond motifs is 1. The van der Waals surface area contributed by atoms with Crippen LogP contribution in [0.3, 0.4) is 0 Å². The molecule has 6 atom stereocenters. The Morgan fingerprint density at radius 2 is 2.00 bits per heavy atom. The van der Waals surface area contributed by atoms with Crippen LogP contribution in [0.25, 0.3) is 10.8 Å². The molecule has 1 aliphatic rings. The summed E-state index contributed by atoms with van der Waals surface area (Å²) in [6, 6.07) is 12.6. The lowest BCUT2D eigenvalue weighted by Crippen LogP contribution is -2.46. The number of carbonyl (C=O) groups is 1. The van der Waals surface area contributed by atoms with Crippen molar-refractivity contribution in [1.29, 1.82) is 0 Å². The molecule has 13 nitrogen and oxygen atoms in total. The van der Waals surface area contributed by atoms with Crippen LogP contribution in [0.2, 0.25) is 0 Å². The molecule has 14 heteroatoms. The number of carbonyl (C=O) groups excluding carboxylic acids is 1. The Bertz CT molecular complexity index is 1540. The van der Waals surface area contributed by atoms with Gasteiger partial charge in [-0.1, -0.05) is 62.2 Å². The Morgan fingerprint density at radius 3 is 2.72 bits per heavy atom. The molecule has 5 N–H and O–H groups in total. The monoisotopic (exact) mass is 616 g/mol. The van der Waals surface area contributed by atoms with E-state index >= 15 is 0 Å². The van der Waals surface area contributed by atoms with Crippen molar-refractivity contribution in [3.63, 3.8) is 0 Å². The summed E-state index contributed by atoms with van der Waals surface area (Å²) in [6.45, 7) is 6.73. The summed E-state index contributed by atoms with van der Waals surface area (Å²) in [7, 11) is -4.43. The van der Waals surface area contributed by atoms with Crippen molar-refractivity contribution >= 4 is 30.3 Å². The van der Waals surface area contributed by atoms with Crippen LogP contribution in [-0.2, 0) is 23.4 Å². The van der Waals surface area contributed by atoms with E-state index in [1.807, 2.05) is 25.1 Å². The number of rotatable bonds is 14. The molecule has 2 aromatic carbocycles. The zero-order valence-corrected chi connectivity index (χ0v) is 24.9. The molecule has 0 radical (unpaired) electrons. The molecule has 2 heterocycles. The standard InChI is InChI=1S/C29H37N4O9P/c1-4-6-9-17-39-27(36)19(3)32-43(38,42-22-14-10-12-20-11-7-8-13-21(20)22)40-18-29(5-2)25(35)24(34)26(41-29)33-16-15-23(30)31-28(33)37/h5,7-8,10-16,19,24-26,34-35H,2,4,6,9,17-18H2,1,3H3,(H,32,38)(H2,30,31,37)/t19-,24+,25-,26+,29+,43?/m0/s1. The first-order chi connectivity index (χ1) is 20.5. The number of anilines is 1. The number of nitrogens with zero attached hydrogens (tertiary/aromatic N) is 2. The van der Waals surface area contributed by atoms with E-state index < -0.39 is 56.1 Å². The highest BCUT2D eigenvalue weighted by atomic mass is 31.2. The van der Waals surface area contributed by atoms with Crippen molar-refractivity contribution in [2.75, 3.05) is 18.9 Å². The minimum Gasteiger partial charge on any atom is -0.465 e. The molecule has 1 unspecified atom stereocenters. The Morgan fingerprint density at radius 1 is 1.26 bits per heavy atom. The number of nitrogens with two attached hydrogens (primary N) is 1. The second kappa shape index (κ2) is 13.8. The summed E-state index contributed by atoms with van der Waals surface area (Å²) in [5.41, 5.74) is 2.89. The van der Waals surface area contributed by atoms with E-state index in [4.69, 9.17) is 24.3 Å². The molecule has 4 rings (SSSR count). The van der Waals surface area contributed by atoms with E-state index in [1.54, 1.807) is 24.3 Å². The number of aromatic nitrogens is 2. The average molecular weight is 617 g/mol. The van der Waals surface area contributed by atoms with Crippen LogP contribution in [-0.4, -0.2) is 62.8 Å². The van der Waals surface area contributed by atoms with Crippen molar-refractivity contribution in [3.8, 4) is 5.75 Å². The summed E-state index contributed by atoms with van der Waals surface area (Å²) in [6.07, 6.45) is 0.242. The molecule has 0 aliphatic carbocycles. The van der Waals surface area contributed by atoms with Crippen molar-refractivity contribution in [3.05, 3.63) is 77.9 Å². The number of aliphatic hydroxyl groups is 2. The van der Waals surface area contributed by atoms with Gasteiger partial charge in [0.15, 0.2) is 6.23 Å². The first-order valence-corrected chi connectivity index (χ1v) is 15.5. The van der Waals surface area contributed by atoms with Gasteiger partial charge in [0.1, 0.15) is 35.4 Å². The highest BCUT2D eigenvalue weighted by molar-refractivity contribution is 7.52. The van der Waals surface area contributed by atoms with Gasteiger partial charge in [0, 0.05) is 11.6 Å². The van der Waals surface area contributed by atoms with Gasteiger partial charge in [0.2, 0.25) is 0 Å². The van der Waals surface area contributed by atoms with E-state index in [2.05, 4.69) is 16.7 Å². The lowest BCUT2D eigenvalue weighted by molar-refractivity contribution is -0.145. The second-order valence-corrected chi connectivity index (χ2v) is 11.9. The van der Waals surface area contributed by atoms with Gasteiger partial charge < -0.3 is 29.9 Å². The van der Waals surface area contributed by atoms with Crippen LogP contribution >= 0.6 is 7.75 Å². The smallest absolute Gasteiger partial charge is 0.459 e. The van der Waals surface area contributed by atoms with Crippen LogP contribution in [0.1, 0.15) is 39.3 Å². The van der Waals surface area contributed by atoms with Gasteiger partial charge >= 0.3 is 19.4 Å². The number of benzene rings is 2. The van der Waals surface area contributed by atoms with E-state index in [9.17, 15) is 24.4 Å². The highest BCUT2D eigenvalue weighted by Gasteiger charge is 2.55. The number of hydrogen-bond acceptors (Lipinski definition) is 11. The van der Waals surface area contributed by atoms with Crippen LogP contribution in [0.15, 0.2) is 72.2 Å². The average Bonchev–Trinajstić information content (AvgIpc) is 3.24. The van der Waals surface area contributed by atoms with E-state index in [0.29, 0.717) is 11.8 Å². The van der Waals surface area contributed by atoms with E-state index in [-0.39, 0.29) is 18.2 Å². The Labute approximate surface area is 248 Å². The van der Waals surface area contributed by atoms with Gasteiger partial charge in [-0.25, -0.2) is 9.36 Å². The maximum absolute atomic E-state index is 14.3. The fourth-order valence-electron chi connectivity index (χ4n) is 4.62. The Kier molecular flexibility index (Phi) is 10.4. The predicted octanol–water partition coefficient (Wildman–Crippen LogP) is 3.07. The normalized spacial score (nSPS) is 23.9. The summed E-state index contributed by atoms with van der Waals surface area (Å²) < 4.78 is 38.2. The van der Waals surface area contributed by atoms with Gasteiger partial charge in [-0.2, -0.15) is 10.1 Å². The van der Waals surface area contributed by atoms with Crippen molar-refractivity contribution < 1.29 is 38.1 Å². The van der Waals surface area contributed by atoms with Crippen molar-refractivity contribution in [1.82, 2.24) is 14.6 Å². The molecule has 1 fully saturated rings. The van der Waals surface area contributed by atoms with E-state index in [0.717, 1.165) is 22.8 Å². The number of hydrogen-bond donors (Lipinski definition) is 4. The topological polar surface area (TPSA) is 184 Å². The SMILES string of the molecule is C=C[C@]1(COP(=O)(N[C@@H](C)C(=O)OCCCCC)Oc2cccc3ccccc23)O[C@@H](n2ccc(N)nc2=O)[C@H](O)[C@@H]1O. The third-order valence-electron chi connectivity index (χ3n) is 7.05. The fourth-order valence-corrected chi connectivity index (χ4v) is 6.17. The number of ether oxygens (including phenoxy) is 2. The summed E-state index contributed by atoms with van der Waals surface area (Å²) >= 11 is 0. The second-order valence-electron chi connectivity index (χ2n) is 10.2. The summed E-state index contributed by atoms with van der Waals surface area (Å²) in [4.78, 5) is 28.8.